The number of benzene rings is 1. The maximum Gasteiger partial charge on any atom is 0.273 e. The Morgan fingerprint density at radius 1 is 1.06 bits per heavy atom. The first-order chi connectivity index (χ1) is 8.72. The van der Waals surface area contributed by atoms with E-state index in [2.05, 4.69) is 15.0 Å². The third kappa shape index (κ3) is 2.32. The van der Waals surface area contributed by atoms with Gasteiger partial charge in [0.1, 0.15) is 6.33 Å². The van der Waals surface area contributed by atoms with Gasteiger partial charge in [0.2, 0.25) is 5.82 Å². The Bertz CT molecular complexity index is 611. The number of aromatic nitrogens is 3. The Labute approximate surface area is 102 Å². The number of hydrogen-bond acceptors (Lipinski definition) is 6. The van der Waals surface area contributed by atoms with Crippen LogP contribution >= 0.6 is 0 Å². The Morgan fingerprint density at radius 3 is 2.44 bits per heavy atom. The van der Waals surface area contributed by atoms with Crippen LogP contribution in [0.1, 0.15) is 10.6 Å². The van der Waals surface area contributed by atoms with E-state index in [1.807, 2.05) is 6.07 Å². The molecule has 6 nitrogen and oxygen atoms in total. The number of nitrogens with zero attached hydrogens (tertiary/aromatic N) is 3. The predicted molar refractivity (Wildman–Crippen MR) is 60.7 cm³/mol. The van der Waals surface area contributed by atoms with E-state index in [0.717, 1.165) is 6.33 Å². The molecule has 0 saturated heterocycles. The van der Waals surface area contributed by atoms with Crippen LogP contribution in [0.15, 0.2) is 36.7 Å². The van der Waals surface area contributed by atoms with Crippen LogP contribution < -0.4 is 0 Å². The molecule has 0 N–H and O–H groups in total. The molecule has 0 aliphatic heterocycles. The summed E-state index contributed by atoms with van der Waals surface area (Å²) in [6, 6.07) is 8.91. The minimum atomic E-state index is -1.18. The van der Waals surface area contributed by atoms with Gasteiger partial charge in [-0.25, -0.2) is 15.0 Å². The molecular weight excluding hydrogens is 234 g/mol. The van der Waals surface area contributed by atoms with Crippen LogP contribution in [0.25, 0.3) is 11.4 Å². The second kappa shape index (κ2) is 5.05. The molecule has 0 aliphatic rings. The van der Waals surface area contributed by atoms with Gasteiger partial charge in [-0.3, -0.25) is 14.4 Å². The average Bonchev–Trinajstić information content (AvgIpc) is 2.46. The lowest BCUT2D eigenvalue weighted by Gasteiger charge is -2.00. The molecule has 0 unspecified atom stereocenters. The highest BCUT2D eigenvalue weighted by atomic mass is 16.2. The van der Waals surface area contributed by atoms with Gasteiger partial charge in [-0.05, 0) is 0 Å². The summed E-state index contributed by atoms with van der Waals surface area (Å²) < 4.78 is 0. The summed E-state index contributed by atoms with van der Waals surface area (Å²) in [6.07, 6.45) is 1.06. The maximum atomic E-state index is 11.4. The van der Waals surface area contributed by atoms with Crippen molar-refractivity contribution in [3.05, 3.63) is 42.5 Å². The smallest absolute Gasteiger partial charge is 0.273 e. The first-order valence-corrected chi connectivity index (χ1v) is 5.00. The molecule has 0 saturated carbocycles. The Hall–Kier alpha value is -2.76. The van der Waals surface area contributed by atoms with Gasteiger partial charge in [-0.15, -0.1) is 0 Å². The average molecular weight is 241 g/mol. The van der Waals surface area contributed by atoms with Gasteiger partial charge < -0.3 is 0 Å². The van der Waals surface area contributed by atoms with E-state index in [4.69, 9.17) is 0 Å². The van der Waals surface area contributed by atoms with Crippen LogP contribution in [0.2, 0.25) is 0 Å². The van der Waals surface area contributed by atoms with E-state index >= 15 is 0 Å². The maximum absolute atomic E-state index is 11.4. The standard InChI is InChI=1S/C12H7N3O3/c16-6-9(17)10(18)12-14-7-13-11(15-12)8-4-2-1-3-5-8/h1-7H. The third-order valence-corrected chi connectivity index (χ3v) is 2.14. The molecule has 0 aliphatic carbocycles. The number of rotatable bonds is 4. The van der Waals surface area contributed by atoms with Crippen LogP contribution in [0.3, 0.4) is 0 Å². The first-order valence-electron chi connectivity index (χ1n) is 5.00. The van der Waals surface area contributed by atoms with E-state index < -0.39 is 11.6 Å². The molecule has 0 atom stereocenters. The molecule has 0 fully saturated rings. The number of carbonyl (C=O) groups excluding carboxylic acids is 3. The largest absolute Gasteiger partial charge is 0.294 e. The molecule has 0 bridgehead atoms. The Morgan fingerprint density at radius 2 is 1.78 bits per heavy atom. The van der Waals surface area contributed by atoms with Crippen molar-refractivity contribution in [2.45, 2.75) is 0 Å². The molecule has 0 spiro atoms. The molecule has 1 heterocycles. The highest BCUT2D eigenvalue weighted by molar-refractivity contribution is 6.61. The summed E-state index contributed by atoms with van der Waals surface area (Å²) in [7, 11) is 0. The predicted octanol–water partition coefficient (Wildman–Crippen LogP) is 0.489. The van der Waals surface area contributed by atoms with Gasteiger partial charge in [0.05, 0.1) is 0 Å². The zero-order chi connectivity index (χ0) is 13.0. The number of carbonyl (C=O) groups is 3. The topological polar surface area (TPSA) is 89.9 Å². The highest BCUT2D eigenvalue weighted by Crippen LogP contribution is 2.12. The summed E-state index contributed by atoms with van der Waals surface area (Å²) in [5.74, 6) is -2.28. The molecule has 88 valence electrons. The fourth-order valence-corrected chi connectivity index (χ4v) is 1.30. The monoisotopic (exact) mass is 241 g/mol. The van der Waals surface area contributed by atoms with Crippen molar-refractivity contribution in [1.29, 1.82) is 0 Å². The molecule has 0 amide bonds. The van der Waals surface area contributed by atoms with Crippen molar-refractivity contribution in [3.8, 4) is 11.4 Å². The molecule has 18 heavy (non-hydrogen) atoms. The quantitative estimate of drug-likeness (QED) is 0.335. The molecule has 1 aromatic carbocycles. The van der Waals surface area contributed by atoms with Gasteiger partial charge >= 0.3 is 0 Å². The minimum absolute atomic E-state index is 0.0612. The lowest BCUT2D eigenvalue weighted by Crippen LogP contribution is -2.18. The van der Waals surface area contributed by atoms with Crippen molar-refractivity contribution < 1.29 is 14.4 Å². The molecule has 1 aromatic heterocycles. The number of hydrogen-bond donors (Lipinski definition) is 0. The molecule has 6 heteroatoms. The van der Waals surface area contributed by atoms with E-state index in [1.54, 1.807) is 24.3 Å². The Kier molecular flexibility index (Phi) is 3.29. The number of Topliss-reactive ketones (excluding diaryl/α,β-unsaturated/α-hetero) is 2. The summed E-state index contributed by atoms with van der Waals surface area (Å²) in [5.41, 5.74) is 0.688. The van der Waals surface area contributed by atoms with Crippen molar-refractivity contribution in [2.75, 3.05) is 0 Å². The number of ketones is 2. The van der Waals surface area contributed by atoms with Crippen molar-refractivity contribution >= 4 is 17.9 Å². The lowest BCUT2D eigenvalue weighted by molar-refractivity contribution is -0.126. The van der Waals surface area contributed by atoms with Gasteiger partial charge in [0.25, 0.3) is 11.6 Å². The SMILES string of the molecule is O=CC(=O)C(=O)c1ncnc(-c2ccccc2)n1. The normalized spacial score (nSPS) is 9.78. The highest BCUT2D eigenvalue weighted by Gasteiger charge is 2.19. The first kappa shape index (κ1) is 11.7. The molecule has 2 rings (SSSR count). The third-order valence-electron chi connectivity index (χ3n) is 2.14. The van der Waals surface area contributed by atoms with Gasteiger partial charge in [0, 0.05) is 5.56 Å². The second-order valence-electron chi connectivity index (χ2n) is 3.31. The van der Waals surface area contributed by atoms with E-state index in [0.29, 0.717) is 5.56 Å². The fourth-order valence-electron chi connectivity index (χ4n) is 1.30. The van der Waals surface area contributed by atoms with Crippen LogP contribution in [-0.4, -0.2) is 32.8 Å². The summed E-state index contributed by atoms with van der Waals surface area (Å²) in [4.78, 5) is 43.9. The summed E-state index contributed by atoms with van der Waals surface area (Å²) in [5, 5.41) is 0. The summed E-state index contributed by atoms with van der Waals surface area (Å²) in [6.45, 7) is 0. The Balaban J connectivity index is 2.40. The number of aldehydes is 1. The van der Waals surface area contributed by atoms with E-state index in [-0.39, 0.29) is 17.9 Å². The zero-order valence-corrected chi connectivity index (χ0v) is 9.11. The molecular formula is C12H7N3O3. The zero-order valence-electron chi connectivity index (χ0n) is 9.11. The van der Waals surface area contributed by atoms with Crippen LogP contribution in [-0.2, 0) is 9.59 Å². The summed E-state index contributed by atoms with van der Waals surface area (Å²) >= 11 is 0. The van der Waals surface area contributed by atoms with Crippen molar-refractivity contribution in [2.24, 2.45) is 0 Å². The van der Waals surface area contributed by atoms with Gasteiger partial charge in [-0.2, -0.15) is 0 Å². The van der Waals surface area contributed by atoms with Gasteiger partial charge in [-0.1, -0.05) is 30.3 Å². The van der Waals surface area contributed by atoms with Crippen LogP contribution in [0, 0.1) is 0 Å². The molecule has 0 radical (unpaired) electrons. The van der Waals surface area contributed by atoms with Crippen LogP contribution in [0.5, 0.6) is 0 Å². The second-order valence-corrected chi connectivity index (χ2v) is 3.31. The van der Waals surface area contributed by atoms with E-state index in [1.165, 1.54) is 0 Å². The van der Waals surface area contributed by atoms with E-state index in [9.17, 15) is 14.4 Å². The fraction of sp³-hybridized carbons (Fsp3) is 0. The lowest BCUT2D eigenvalue weighted by atomic mass is 10.2. The molecule has 2 aromatic rings. The van der Waals surface area contributed by atoms with Crippen molar-refractivity contribution in [3.63, 3.8) is 0 Å². The van der Waals surface area contributed by atoms with Crippen molar-refractivity contribution in [1.82, 2.24) is 15.0 Å². The minimum Gasteiger partial charge on any atom is -0.294 e. The van der Waals surface area contributed by atoms with Crippen LogP contribution in [0.4, 0.5) is 0 Å². The van der Waals surface area contributed by atoms with Gasteiger partial charge in [0.15, 0.2) is 12.1 Å².